The number of β-lactam (4-membered cyclic amide) rings is 1. The summed E-state index contributed by atoms with van der Waals surface area (Å²) in [4.78, 5) is 37.0. The Morgan fingerprint density at radius 2 is 2.17 bits per heavy atom. The molecule has 1 saturated carbocycles. The van der Waals surface area contributed by atoms with Gasteiger partial charge in [-0.25, -0.2) is 4.79 Å². The van der Waals surface area contributed by atoms with E-state index in [4.69, 9.17) is 16.1 Å². The Labute approximate surface area is 136 Å². The molecule has 23 heavy (non-hydrogen) atoms. The molecule has 1 aromatic rings. The fourth-order valence-corrected chi connectivity index (χ4v) is 3.51. The summed E-state index contributed by atoms with van der Waals surface area (Å²) < 4.78 is 4.86. The normalized spacial score (nSPS) is 22.7. The first-order valence-electron chi connectivity index (χ1n) is 7.38. The van der Waals surface area contributed by atoms with E-state index in [1.807, 2.05) is 0 Å². The van der Waals surface area contributed by atoms with E-state index >= 15 is 0 Å². The maximum atomic E-state index is 12.0. The van der Waals surface area contributed by atoms with Crippen LogP contribution < -0.4 is 5.32 Å². The van der Waals surface area contributed by atoms with Gasteiger partial charge in [0.05, 0.1) is 12.8 Å². The predicted octanol–water partition coefficient (Wildman–Crippen LogP) is 0.942. The minimum atomic E-state index is -1.19. The van der Waals surface area contributed by atoms with Crippen LogP contribution in [0.15, 0.2) is 10.6 Å². The first-order chi connectivity index (χ1) is 10.9. The third-order valence-corrected chi connectivity index (χ3v) is 4.61. The van der Waals surface area contributed by atoms with Gasteiger partial charge in [-0.05, 0) is 12.8 Å². The maximum Gasteiger partial charge on any atom is 0.329 e. The molecule has 1 unspecified atom stereocenters. The molecule has 0 aromatic carbocycles. The summed E-state index contributed by atoms with van der Waals surface area (Å²) in [6.07, 6.45) is 1.79. The van der Waals surface area contributed by atoms with Crippen LogP contribution in [-0.2, 0) is 20.8 Å². The molecule has 2 fully saturated rings. The van der Waals surface area contributed by atoms with Gasteiger partial charge in [-0.1, -0.05) is 29.6 Å². The largest absolute Gasteiger partial charge is 0.479 e. The van der Waals surface area contributed by atoms with E-state index < -0.39 is 17.7 Å². The van der Waals surface area contributed by atoms with E-state index in [1.165, 1.54) is 11.0 Å². The molecule has 2 amide bonds. The van der Waals surface area contributed by atoms with Crippen molar-refractivity contribution in [1.82, 2.24) is 15.4 Å². The van der Waals surface area contributed by atoms with Crippen LogP contribution in [0.3, 0.4) is 0 Å². The second kappa shape index (κ2) is 5.84. The molecule has 2 aliphatic rings. The molecule has 0 spiro atoms. The number of likely N-dealkylation sites (tertiary alicyclic amines) is 1. The molecular formula is C14H16ClN3O5. The zero-order valence-electron chi connectivity index (χ0n) is 12.2. The maximum absolute atomic E-state index is 12.0. The Hall–Kier alpha value is -2.09. The minimum Gasteiger partial charge on any atom is -0.479 e. The number of carbonyl (C=O) groups is 3. The van der Waals surface area contributed by atoms with Crippen molar-refractivity contribution < 1.29 is 24.0 Å². The molecule has 2 heterocycles. The van der Waals surface area contributed by atoms with Gasteiger partial charge in [-0.2, -0.15) is 0 Å². The van der Waals surface area contributed by atoms with Crippen LogP contribution in [0, 0.1) is 0 Å². The highest BCUT2D eigenvalue weighted by Gasteiger charge is 2.56. The van der Waals surface area contributed by atoms with Crippen LogP contribution in [-0.4, -0.2) is 44.7 Å². The number of carbonyl (C=O) groups excluding carboxylic acids is 2. The standard InChI is InChI=1S/C14H16ClN3O5/c15-9-5-8(23-17-9)6-11(19)16-10-7-12(20)18(10)14(13(21)22)3-1-2-4-14/h5,10H,1-4,6-7H2,(H,16,19)(H,21,22). The van der Waals surface area contributed by atoms with Crippen molar-refractivity contribution in [2.75, 3.05) is 0 Å². The smallest absolute Gasteiger partial charge is 0.329 e. The highest BCUT2D eigenvalue weighted by Crippen LogP contribution is 2.40. The number of nitrogens with zero attached hydrogens (tertiary/aromatic N) is 2. The zero-order valence-corrected chi connectivity index (χ0v) is 13.0. The van der Waals surface area contributed by atoms with E-state index in [1.54, 1.807) is 0 Å². The molecule has 1 aromatic heterocycles. The Kier molecular flexibility index (Phi) is 4.01. The lowest BCUT2D eigenvalue weighted by Crippen LogP contribution is -2.71. The summed E-state index contributed by atoms with van der Waals surface area (Å²) in [5.41, 5.74) is -1.19. The summed E-state index contributed by atoms with van der Waals surface area (Å²) in [6, 6.07) is 1.43. The average molecular weight is 342 g/mol. The van der Waals surface area contributed by atoms with Crippen LogP contribution in [0.2, 0.25) is 5.15 Å². The molecule has 1 aliphatic heterocycles. The van der Waals surface area contributed by atoms with E-state index in [0.717, 1.165) is 12.8 Å². The van der Waals surface area contributed by atoms with E-state index in [0.29, 0.717) is 18.6 Å². The molecule has 0 radical (unpaired) electrons. The minimum absolute atomic E-state index is 0.0711. The number of rotatable bonds is 5. The monoisotopic (exact) mass is 341 g/mol. The highest BCUT2D eigenvalue weighted by atomic mass is 35.5. The van der Waals surface area contributed by atoms with Crippen molar-refractivity contribution in [2.45, 2.75) is 50.2 Å². The molecule has 0 bridgehead atoms. The lowest BCUT2D eigenvalue weighted by atomic mass is 9.89. The van der Waals surface area contributed by atoms with Gasteiger partial charge in [0.15, 0.2) is 5.15 Å². The lowest BCUT2D eigenvalue weighted by Gasteiger charge is -2.49. The Bertz CT molecular complexity index is 653. The third kappa shape index (κ3) is 2.78. The number of nitrogens with one attached hydrogen (secondary N) is 1. The molecule has 3 rings (SSSR count). The second-order valence-electron chi connectivity index (χ2n) is 5.89. The third-order valence-electron chi connectivity index (χ3n) is 4.43. The van der Waals surface area contributed by atoms with Crippen molar-refractivity contribution in [3.05, 3.63) is 17.0 Å². The summed E-state index contributed by atoms with van der Waals surface area (Å²) in [6.45, 7) is 0. The van der Waals surface area contributed by atoms with Crippen LogP contribution in [0.25, 0.3) is 0 Å². The van der Waals surface area contributed by atoms with Gasteiger partial charge >= 0.3 is 5.97 Å². The quantitative estimate of drug-likeness (QED) is 0.771. The molecular weight excluding hydrogens is 326 g/mol. The predicted molar refractivity (Wildman–Crippen MR) is 77.4 cm³/mol. The van der Waals surface area contributed by atoms with Crippen LogP contribution in [0.1, 0.15) is 37.9 Å². The van der Waals surface area contributed by atoms with Gasteiger partial charge in [0.1, 0.15) is 17.5 Å². The number of aromatic nitrogens is 1. The Morgan fingerprint density at radius 3 is 2.70 bits per heavy atom. The Balaban J connectivity index is 1.67. The first kappa shape index (κ1) is 15.8. The summed E-state index contributed by atoms with van der Waals surface area (Å²) >= 11 is 5.61. The Morgan fingerprint density at radius 1 is 1.48 bits per heavy atom. The number of carboxylic acids is 1. The van der Waals surface area contributed by atoms with Crippen molar-refractivity contribution in [3.63, 3.8) is 0 Å². The second-order valence-corrected chi connectivity index (χ2v) is 6.27. The molecule has 1 saturated heterocycles. The molecule has 8 nitrogen and oxygen atoms in total. The summed E-state index contributed by atoms with van der Waals surface area (Å²) in [5, 5.41) is 15.9. The van der Waals surface area contributed by atoms with Gasteiger partial charge in [0.2, 0.25) is 11.8 Å². The van der Waals surface area contributed by atoms with Gasteiger partial charge in [0.25, 0.3) is 0 Å². The van der Waals surface area contributed by atoms with Crippen molar-refractivity contribution >= 4 is 29.4 Å². The number of carboxylic acid groups (broad SMARTS) is 1. The SMILES string of the molecule is O=C(Cc1cc(Cl)no1)NC1CC(=O)N1C1(C(=O)O)CCCC1. The number of aliphatic carboxylic acids is 1. The zero-order chi connectivity index (χ0) is 16.6. The summed E-state index contributed by atoms with van der Waals surface area (Å²) in [7, 11) is 0. The van der Waals surface area contributed by atoms with Crippen LogP contribution in [0.4, 0.5) is 0 Å². The van der Waals surface area contributed by atoms with Crippen LogP contribution >= 0.6 is 11.6 Å². The van der Waals surface area contributed by atoms with Gasteiger partial charge < -0.3 is 19.8 Å². The van der Waals surface area contributed by atoms with Gasteiger partial charge in [-0.15, -0.1) is 0 Å². The van der Waals surface area contributed by atoms with Crippen molar-refractivity contribution in [3.8, 4) is 0 Å². The fraction of sp³-hybridized carbons (Fsp3) is 0.571. The van der Waals surface area contributed by atoms with E-state index in [-0.39, 0.29) is 29.8 Å². The lowest BCUT2D eigenvalue weighted by molar-refractivity contribution is -0.175. The van der Waals surface area contributed by atoms with E-state index in [2.05, 4.69) is 10.5 Å². The van der Waals surface area contributed by atoms with Crippen molar-refractivity contribution in [2.24, 2.45) is 0 Å². The molecule has 9 heteroatoms. The number of amides is 2. The average Bonchev–Trinajstić information content (AvgIpc) is 3.08. The van der Waals surface area contributed by atoms with Gasteiger partial charge in [-0.3, -0.25) is 9.59 Å². The molecule has 1 atom stereocenters. The fourth-order valence-electron chi connectivity index (χ4n) is 3.35. The van der Waals surface area contributed by atoms with Gasteiger partial charge in [0, 0.05) is 6.07 Å². The number of halogens is 1. The molecule has 1 aliphatic carbocycles. The highest BCUT2D eigenvalue weighted by molar-refractivity contribution is 6.29. The van der Waals surface area contributed by atoms with Crippen molar-refractivity contribution in [1.29, 1.82) is 0 Å². The van der Waals surface area contributed by atoms with Crippen LogP contribution in [0.5, 0.6) is 0 Å². The summed E-state index contributed by atoms with van der Waals surface area (Å²) in [5.74, 6) is -1.33. The topological polar surface area (TPSA) is 113 Å². The molecule has 2 N–H and O–H groups in total. The first-order valence-corrected chi connectivity index (χ1v) is 7.76. The number of hydrogen-bond donors (Lipinski definition) is 2. The number of hydrogen-bond acceptors (Lipinski definition) is 5. The molecule has 124 valence electrons. The van der Waals surface area contributed by atoms with E-state index in [9.17, 15) is 19.5 Å².